The van der Waals surface area contributed by atoms with Crippen LogP contribution in [0.5, 0.6) is 0 Å². The summed E-state index contributed by atoms with van der Waals surface area (Å²) in [6.45, 7) is 4.01. The summed E-state index contributed by atoms with van der Waals surface area (Å²) in [4.78, 5) is 0. The molecule has 2 heteroatoms. The van der Waals surface area contributed by atoms with Gasteiger partial charge in [0.15, 0.2) is 0 Å². The zero-order chi connectivity index (χ0) is 12.3. The summed E-state index contributed by atoms with van der Waals surface area (Å²) in [6, 6.07) is 15.8. The Hall–Kier alpha value is -2.09. The summed E-state index contributed by atoms with van der Waals surface area (Å²) in [6.07, 6.45) is 0.759. The van der Waals surface area contributed by atoms with Crippen molar-refractivity contribution in [2.75, 3.05) is 0 Å². The molecule has 2 rings (SSSR count). The smallest absolute Gasteiger partial charge is 0.123 e. The number of hydrogen-bond donors (Lipinski definition) is 2. The van der Waals surface area contributed by atoms with Gasteiger partial charge in [-0.3, -0.25) is 5.41 Å². The van der Waals surface area contributed by atoms with Crippen LogP contribution in [0.4, 0.5) is 0 Å². The van der Waals surface area contributed by atoms with E-state index in [0.717, 1.165) is 23.1 Å². The van der Waals surface area contributed by atoms with E-state index in [0.29, 0.717) is 0 Å². The van der Waals surface area contributed by atoms with E-state index < -0.39 is 0 Å². The molecule has 0 heterocycles. The van der Waals surface area contributed by atoms with Crippen LogP contribution in [-0.2, 0) is 6.42 Å². The van der Waals surface area contributed by atoms with E-state index in [1.54, 1.807) is 0 Å². The molecule has 85 valence electrons. The van der Waals surface area contributed by atoms with Gasteiger partial charge in [0.05, 0.1) is 0 Å². The summed E-state index contributed by atoms with van der Waals surface area (Å²) in [5.74, 6) is 0.113. The zero-order valence-corrected chi connectivity index (χ0v) is 9.61. The van der Waals surface area contributed by atoms with Crippen molar-refractivity contribution >= 4 is 5.84 Å². The molecule has 0 fully saturated rings. The van der Waals surface area contributed by atoms with E-state index in [1.807, 2.05) is 42.5 Å². The van der Waals surface area contributed by atoms with Crippen LogP contribution in [0.3, 0.4) is 0 Å². The number of nitrogens with one attached hydrogen (secondary N) is 1. The summed E-state index contributed by atoms with van der Waals surface area (Å²) >= 11 is 0. The molecule has 0 aliphatic heterocycles. The van der Waals surface area contributed by atoms with Crippen LogP contribution in [0.1, 0.15) is 22.3 Å². The molecule has 2 nitrogen and oxygen atoms in total. The van der Waals surface area contributed by atoms with Crippen molar-refractivity contribution in [3.63, 3.8) is 0 Å². The molecule has 0 saturated heterocycles. The summed E-state index contributed by atoms with van der Waals surface area (Å²) < 4.78 is 0. The first-order chi connectivity index (χ1) is 8.18. The Kier molecular flexibility index (Phi) is 3.24. The van der Waals surface area contributed by atoms with Gasteiger partial charge >= 0.3 is 0 Å². The third-order valence-electron chi connectivity index (χ3n) is 2.81. The van der Waals surface area contributed by atoms with E-state index in [-0.39, 0.29) is 5.84 Å². The monoisotopic (exact) mass is 223 g/mol. The van der Waals surface area contributed by atoms with Crippen molar-refractivity contribution in [1.82, 2.24) is 0 Å². The molecule has 0 spiro atoms. The molecule has 2 aromatic rings. The lowest BCUT2D eigenvalue weighted by Crippen LogP contribution is -2.14. The third-order valence-corrected chi connectivity index (χ3v) is 2.81. The van der Waals surface area contributed by atoms with Crippen LogP contribution < -0.4 is 5.73 Å². The third kappa shape index (κ3) is 2.53. The Morgan fingerprint density at radius 2 is 1.59 bits per heavy atom. The van der Waals surface area contributed by atoms with Gasteiger partial charge in [0, 0.05) is 5.56 Å². The number of nitrogen functional groups attached to an aromatic ring is 1. The molecular formula is C15H15N2. The molecule has 0 amide bonds. The van der Waals surface area contributed by atoms with Crippen molar-refractivity contribution < 1.29 is 0 Å². The van der Waals surface area contributed by atoms with Crippen molar-refractivity contribution in [3.8, 4) is 0 Å². The second kappa shape index (κ2) is 4.83. The molecule has 3 N–H and O–H groups in total. The lowest BCUT2D eigenvalue weighted by atomic mass is 9.96. The maximum absolute atomic E-state index is 7.56. The maximum atomic E-state index is 7.56. The number of hydrogen-bond acceptors (Lipinski definition) is 1. The number of rotatable bonds is 3. The normalized spacial score (nSPS) is 10.2. The van der Waals surface area contributed by atoms with Gasteiger partial charge in [0.2, 0.25) is 0 Å². The fraction of sp³-hybridized carbons (Fsp3) is 0.0667. The zero-order valence-electron chi connectivity index (χ0n) is 9.61. The minimum absolute atomic E-state index is 0.113. The number of nitrogens with two attached hydrogens (primary N) is 1. The molecule has 2 aromatic carbocycles. The fourth-order valence-corrected chi connectivity index (χ4v) is 1.87. The van der Waals surface area contributed by atoms with E-state index in [1.165, 1.54) is 5.56 Å². The van der Waals surface area contributed by atoms with Gasteiger partial charge in [0.25, 0.3) is 0 Å². The van der Waals surface area contributed by atoms with Crippen LogP contribution in [-0.4, -0.2) is 5.84 Å². The van der Waals surface area contributed by atoms with Crippen LogP contribution in [0, 0.1) is 12.3 Å². The van der Waals surface area contributed by atoms with Gasteiger partial charge in [-0.15, -0.1) is 0 Å². The molecule has 17 heavy (non-hydrogen) atoms. The van der Waals surface area contributed by atoms with E-state index in [9.17, 15) is 0 Å². The van der Waals surface area contributed by atoms with Gasteiger partial charge in [-0.1, -0.05) is 48.5 Å². The lowest BCUT2D eigenvalue weighted by Gasteiger charge is -2.09. The SMILES string of the molecule is [CH2]c1ccccc1Cc1ccccc1C(=N)N. The van der Waals surface area contributed by atoms with Crippen molar-refractivity contribution in [1.29, 1.82) is 5.41 Å². The number of benzene rings is 2. The molecule has 0 saturated carbocycles. The van der Waals surface area contributed by atoms with E-state index in [4.69, 9.17) is 11.1 Å². The second-order valence-electron chi connectivity index (χ2n) is 4.02. The van der Waals surface area contributed by atoms with Crippen molar-refractivity contribution in [2.24, 2.45) is 5.73 Å². The highest BCUT2D eigenvalue weighted by Gasteiger charge is 2.06. The fourth-order valence-electron chi connectivity index (χ4n) is 1.87. The Morgan fingerprint density at radius 1 is 1.00 bits per heavy atom. The maximum Gasteiger partial charge on any atom is 0.123 e. The molecule has 1 radical (unpaired) electrons. The first-order valence-electron chi connectivity index (χ1n) is 5.50. The lowest BCUT2D eigenvalue weighted by molar-refractivity contribution is 1.16. The highest BCUT2D eigenvalue weighted by atomic mass is 14.7. The van der Waals surface area contributed by atoms with Crippen LogP contribution in [0.2, 0.25) is 0 Å². The second-order valence-corrected chi connectivity index (χ2v) is 4.02. The average Bonchev–Trinajstić information content (AvgIpc) is 2.32. The summed E-state index contributed by atoms with van der Waals surface area (Å²) in [5, 5.41) is 7.56. The van der Waals surface area contributed by atoms with Crippen molar-refractivity contribution in [2.45, 2.75) is 6.42 Å². The molecule has 0 bridgehead atoms. The minimum atomic E-state index is 0.113. The standard InChI is InChI=1S/C15H15N2/c1-11-6-2-3-7-12(11)10-13-8-4-5-9-14(13)15(16)17/h2-9H,1,10H2,(H3,16,17). The van der Waals surface area contributed by atoms with Crippen LogP contribution >= 0.6 is 0 Å². The molecule has 0 aromatic heterocycles. The van der Waals surface area contributed by atoms with Gasteiger partial charge < -0.3 is 5.73 Å². The minimum Gasteiger partial charge on any atom is -0.384 e. The van der Waals surface area contributed by atoms with Gasteiger partial charge in [0.1, 0.15) is 5.84 Å². The molecule has 0 atom stereocenters. The van der Waals surface area contributed by atoms with Gasteiger partial charge in [-0.25, -0.2) is 0 Å². The van der Waals surface area contributed by atoms with Gasteiger partial charge in [-0.05, 0) is 30.0 Å². The largest absolute Gasteiger partial charge is 0.384 e. The highest BCUT2D eigenvalue weighted by Crippen LogP contribution is 2.16. The highest BCUT2D eigenvalue weighted by molar-refractivity contribution is 5.96. The predicted molar refractivity (Wildman–Crippen MR) is 71.2 cm³/mol. The predicted octanol–water partition coefficient (Wildman–Crippen LogP) is 2.74. The quantitative estimate of drug-likeness (QED) is 0.610. The van der Waals surface area contributed by atoms with Gasteiger partial charge in [-0.2, -0.15) is 0 Å². The Bertz CT molecular complexity index is 544. The summed E-state index contributed by atoms with van der Waals surface area (Å²) in [7, 11) is 0. The topological polar surface area (TPSA) is 49.9 Å². The van der Waals surface area contributed by atoms with Crippen LogP contribution in [0.25, 0.3) is 0 Å². The first-order valence-corrected chi connectivity index (χ1v) is 5.50. The number of amidine groups is 1. The average molecular weight is 223 g/mol. The summed E-state index contributed by atoms with van der Waals surface area (Å²) in [5.41, 5.74) is 9.63. The molecule has 0 aliphatic rings. The Labute approximate surface area is 102 Å². The van der Waals surface area contributed by atoms with E-state index >= 15 is 0 Å². The molecule has 0 aliphatic carbocycles. The van der Waals surface area contributed by atoms with Crippen LogP contribution in [0.15, 0.2) is 48.5 Å². The Balaban J connectivity index is 2.37. The van der Waals surface area contributed by atoms with Crippen molar-refractivity contribution in [3.05, 3.63) is 77.7 Å². The molecular weight excluding hydrogens is 208 g/mol. The molecule has 0 unspecified atom stereocenters. The first kappa shape index (κ1) is 11.4. The van der Waals surface area contributed by atoms with E-state index in [2.05, 4.69) is 13.0 Å². The Morgan fingerprint density at radius 3 is 2.24 bits per heavy atom.